The van der Waals surface area contributed by atoms with Crippen molar-refractivity contribution in [2.45, 2.75) is 13.1 Å². The molecule has 0 aliphatic heterocycles. The van der Waals surface area contributed by atoms with Crippen LogP contribution in [0, 0.1) is 0 Å². The maximum Gasteiger partial charge on any atom is 0.104 e. The van der Waals surface area contributed by atoms with Crippen LogP contribution in [0.4, 0.5) is 0 Å². The lowest BCUT2D eigenvalue weighted by molar-refractivity contribution is -0.935. The molecule has 2 nitrogen and oxygen atoms in total. The zero-order valence-corrected chi connectivity index (χ0v) is 16.4. The van der Waals surface area contributed by atoms with Crippen molar-refractivity contribution in [3.8, 4) is 0 Å². The van der Waals surface area contributed by atoms with E-state index in [2.05, 4.69) is 68.7 Å². The van der Waals surface area contributed by atoms with Gasteiger partial charge < -0.3 is 33.6 Å². The van der Waals surface area contributed by atoms with Crippen LogP contribution in [0.25, 0.3) is 12.2 Å². The molecular formula is C21H26INO. The number of benzene rings is 2. The predicted molar refractivity (Wildman–Crippen MR) is 98.6 cm³/mol. The van der Waals surface area contributed by atoms with Crippen LogP contribution in [0.5, 0.6) is 0 Å². The van der Waals surface area contributed by atoms with E-state index in [4.69, 9.17) is 0 Å². The van der Waals surface area contributed by atoms with E-state index in [1.165, 1.54) is 11.1 Å². The summed E-state index contributed by atoms with van der Waals surface area (Å²) in [5, 5.41) is 9.48. The summed E-state index contributed by atoms with van der Waals surface area (Å²) < 4.78 is 0.775. The Hall–Kier alpha value is -1.43. The van der Waals surface area contributed by atoms with Gasteiger partial charge in [-0.05, 0) is 11.1 Å². The van der Waals surface area contributed by atoms with Gasteiger partial charge in [0, 0.05) is 11.1 Å². The lowest BCUT2D eigenvalue weighted by Crippen LogP contribution is -3.00. The zero-order chi connectivity index (χ0) is 16.7. The molecule has 128 valence electrons. The Morgan fingerprint density at radius 1 is 0.833 bits per heavy atom. The molecule has 0 atom stereocenters. The van der Waals surface area contributed by atoms with Crippen LogP contribution in [-0.4, -0.2) is 29.8 Å². The summed E-state index contributed by atoms with van der Waals surface area (Å²) in [4.78, 5) is 0. The third kappa shape index (κ3) is 5.89. The number of hydrogen-bond acceptors (Lipinski definition) is 1. The Kier molecular flexibility index (Phi) is 8.39. The SMILES string of the molecule is C=Cc1ccc(C[N+](C)(CCO)Cc2ccc(C=C)cc2)cc1.[I-]. The molecule has 0 bridgehead atoms. The molecule has 0 saturated heterocycles. The van der Waals surface area contributed by atoms with Crippen LogP contribution in [0.15, 0.2) is 61.7 Å². The molecule has 3 heteroatoms. The van der Waals surface area contributed by atoms with Gasteiger partial charge in [0.2, 0.25) is 0 Å². The summed E-state index contributed by atoms with van der Waals surface area (Å²) in [6, 6.07) is 16.9. The van der Waals surface area contributed by atoms with Gasteiger partial charge >= 0.3 is 0 Å². The molecule has 0 radical (unpaired) electrons. The number of rotatable bonds is 8. The van der Waals surface area contributed by atoms with E-state index in [0.717, 1.165) is 35.2 Å². The Balaban J connectivity index is 0.00000288. The molecule has 0 spiro atoms. The Morgan fingerprint density at radius 2 is 1.21 bits per heavy atom. The van der Waals surface area contributed by atoms with Crippen LogP contribution in [-0.2, 0) is 13.1 Å². The molecule has 0 aromatic heterocycles. The minimum atomic E-state index is 0. The normalized spacial score (nSPS) is 10.8. The van der Waals surface area contributed by atoms with E-state index >= 15 is 0 Å². The highest BCUT2D eigenvalue weighted by atomic mass is 127. The maximum absolute atomic E-state index is 9.48. The molecule has 2 rings (SSSR count). The molecular weight excluding hydrogens is 409 g/mol. The number of nitrogens with zero attached hydrogens (tertiary/aromatic N) is 1. The van der Waals surface area contributed by atoms with Crippen molar-refractivity contribution < 1.29 is 33.6 Å². The van der Waals surface area contributed by atoms with E-state index in [1.54, 1.807) is 0 Å². The lowest BCUT2D eigenvalue weighted by atomic mass is 10.1. The molecule has 0 amide bonds. The molecule has 2 aromatic carbocycles. The van der Waals surface area contributed by atoms with Gasteiger partial charge in [0.25, 0.3) is 0 Å². The van der Waals surface area contributed by atoms with Gasteiger partial charge in [-0.15, -0.1) is 0 Å². The highest BCUT2D eigenvalue weighted by Gasteiger charge is 2.22. The minimum Gasteiger partial charge on any atom is -1.00 e. The summed E-state index contributed by atoms with van der Waals surface area (Å²) in [6.07, 6.45) is 3.71. The fourth-order valence-corrected chi connectivity index (χ4v) is 2.86. The third-order valence-electron chi connectivity index (χ3n) is 4.20. The zero-order valence-electron chi connectivity index (χ0n) is 14.3. The standard InChI is InChI=1S/C21H26NO.HI/c1-4-18-6-10-20(11-7-18)16-22(3,14-15-23)17-21-12-8-19(5-2)9-13-21;/h4-13,23H,1-2,14-17H2,3H3;1H/q+1;/p-1. The van der Waals surface area contributed by atoms with Crippen molar-refractivity contribution in [2.24, 2.45) is 0 Å². The Labute approximate surface area is 162 Å². The largest absolute Gasteiger partial charge is 1.00 e. The summed E-state index contributed by atoms with van der Waals surface area (Å²) in [6.45, 7) is 10.3. The molecule has 0 aliphatic carbocycles. The van der Waals surface area contributed by atoms with E-state index < -0.39 is 0 Å². The molecule has 24 heavy (non-hydrogen) atoms. The van der Waals surface area contributed by atoms with Crippen LogP contribution < -0.4 is 24.0 Å². The van der Waals surface area contributed by atoms with Crippen molar-refractivity contribution in [1.82, 2.24) is 0 Å². The van der Waals surface area contributed by atoms with Crippen LogP contribution in [0.2, 0.25) is 0 Å². The van der Waals surface area contributed by atoms with E-state index in [1.807, 2.05) is 12.2 Å². The molecule has 2 aromatic rings. The van der Waals surface area contributed by atoms with Gasteiger partial charge in [-0.3, -0.25) is 0 Å². The molecule has 0 fully saturated rings. The smallest absolute Gasteiger partial charge is 0.104 e. The van der Waals surface area contributed by atoms with Crippen molar-refractivity contribution in [3.63, 3.8) is 0 Å². The summed E-state index contributed by atoms with van der Waals surface area (Å²) in [5.41, 5.74) is 4.80. The molecule has 1 N–H and O–H groups in total. The van der Waals surface area contributed by atoms with Crippen LogP contribution >= 0.6 is 0 Å². The van der Waals surface area contributed by atoms with Gasteiger partial charge in [-0.25, -0.2) is 0 Å². The maximum atomic E-state index is 9.48. The first-order valence-corrected chi connectivity index (χ1v) is 7.96. The summed E-state index contributed by atoms with van der Waals surface area (Å²) in [5.74, 6) is 0. The number of halogens is 1. The average molecular weight is 435 g/mol. The highest BCUT2D eigenvalue weighted by Crippen LogP contribution is 2.18. The second kappa shape index (κ2) is 9.77. The summed E-state index contributed by atoms with van der Waals surface area (Å²) >= 11 is 0. The van der Waals surface area contributed by atoms with Crippen molar-refractivity contribution >= 4 is 12.2 Å². The molecule has 0 unspecified atom stereocenters. The van der Waals surface area contributed by atoms with E-state index in [0.29, 0.717) is 0 Å². The van der Waals surface area contributed by atoms with Gasteiger partial charge in [-0.1, -0.05) is 73.8 Å². The fraction of sp³-hybridized carbons (Fsp3) is 0.238. The predicted octanol–water partition coefficient (Wildman–Crippen LogP) is 1.12. The first-order chi connectivity index (χ1) is 11.1. The van der Waals surface area contributed by atoms with Gasteiger partial charge in [0.1, 0.15) is 19.6 Å². The molecule has 0 saturated carbocycles. The number of aliphatic hydroxyl groups excluding tert-OH is 1. The van der Waals surface area contributed by atoms with Crippen LogP contribution in [0.1, 0.15) is 22.3 Å². The summed E-state index contributed by atoms with van der Waals surface area (Å²) in [7, 11) is 2.19. The van der Waals surface area contributed by atoms with Crippen molar-refractivity contribution in [3.05, 3.63) is 83.9 Å². The quantitative estimate of drug-likeness (QED) is 0.487. The highest BCUT2D eigenvalue weighted by molar-refractivity contribution is 5.47. The van der Waals surface area contributed by atoms with Gasteiger partial charge in [0.05, 0.1) is 13.7 Å². The minimum absolute atomic E-state index is 0. The van der Waals surface area contributed by atoms with Gasteiger partial charge in [-0.2, -0.15) is 0 Å². The van der Waals surface area contributed by atoms with E-state index in [-0.39, 0.29) is 30.6 Å². The van der Waals surface area contributed by atoms with Crippen molar-refractivity contribution in [2.75, 3.05) is 20.2 Å². The second-order valence-electron chi connectivity index (χ2n) is 6.27. The molecule has 0 aliphatic rings. The van der Waals surface area contributed by atoms with Gasteiger partial charge in [0.15, 0.2) is 0 Å². The number of likely N-dealkylation sites (N-methyl/N-ethyl adjacent to an activating group) is 1. The monoisotopic (exact) mass is 435 g/mol. The lowest BCUT2D eigenvalue weighted by Gasteiger charge is -2.34. The average Bonchev–Trinajstić information content (AvgIpc) is 2.56. The number of aliphatic hydroxyl groups is 1. The Bertz CT molecular complexity index is 593. The third-order valence-corrected chi connectivity index (χ3v) is 4.20. The second-order valence-corrected chi connectivity index (χ2v) is 6.27. The topological polar surface area (TPSA) is 20.2 Å². The molecule has 0 heterocycles. The van der Waals surface area contributed by atoms with Crippen LogP contribution in [0.3, 0.4) is 0 Å². The van der Waals surface area contributed by atoms with E-state index in [9.17, 15) is 5.11 Å². The first-order valence-electron chi connectivity index (χ1n) is 7.96. The fourth-order valence-electron chi connectivity index (χ4n) is 2.86. The van der Waals surface area contributed by atoms with Crippen molar-refractivity contribution in [1.29, 1.82) is 0 Å². The first kappa shape index (κ1) is 20.6. The number of hydrogen-bond donors (Lipinski definition) is 1. The number of quaternary nitrogens is 1. The Morgan fingerprint density at radius 3 is 1.50 bits per heavy atom.